The molecule has 0 radical (unpaired) electrons. The van der Waals surface area contributed by atoms with Crippen molar-refractivity contribution in [3.8, 4) is 0 Å². The molecule has 2 saturated heterocycles. The zero-order valence-electron chi connectivity index (χ0n) is 11.1. The number of hydrogen-bond acceptors (Lipinski definition) is 4. The molecule has 3 rings (SSSR count). The van der Waals surface area contributed by atoms with E-state index < -0.39 is 18.3 Å². The molecule has 0 spiro atoms. The Hall–Kier alpha value is -0.940. The van der Waals surface area contributed by atoms with E-state index in [0.29, 0.717) is 13.0 Å². The van der Waals surface area contributed by atoms with Crippen LogP contribution in [0.5, 0.6) is 0 Å². The highest BCUT2D eigenvalue weighted by molar-refractivity contribution is 5.24. The molecule has 0 saturated carbocycles. The monoisotopic (exact) mass is 263 g/mol. The standard InChI is InChI=1S/C15H21NO3/c1-9-11(10-5-3-2-4-6-10)7-12(17)14-15(19)13(18)8-16(9)14/h2-6,9,11-15,17-19H,7-8H2,1H3/t9?,11?,12-,13-,14-,15-/m1/s1. The van der Waals surface area contributed by atoms with Gasteiger partial charge in [0.1, 0.15) is 0 Å². The van der Waals surface area contributed by atoms with Gasteiger partial charge in [0, 0.05) is 18.5 Å². The van der Waals surface area contributed by atoms with Crippen molar-refractivity contribution >= 4 is 0 Å². The molecule has 2 aliphatic rings. The summed E-state index contributed by atoms with van der Waals surface area (Å²) in [5, 5.41) is 30.1. The van der Waals surface area contributed by atoms with E-state index in [1.165, 1.54) is 5.56 Å². The van der Waals surface area contributed by atoms with E-state index in [2.05, 4.69) is 24.0 Å². The number of piperidine rings is 1. The minimum absolute atomic E-state index is 0.211. The number of aliphatic hydroxyl groups is 3. The van der Waals surface area contributed by atoms with Crippen LogP contribution in [0.2, 0.25) is 0 Å². The molecule has 19 heavy (non-hydrogen) atoms. The highest BCUT2D eigenvalue weighted by Gasteiger charge is 2.50. The number of fused-ring (bicyclic) bond motifs is 1. The second-order valence-electron chi connectivity index (χ2n) is 5.81. The highest BCUT2D eigenvalue weighted by atomic mass is 16.3. The van der Waals surface area contributed by atoms with Crippen molar-refractivity contribution in [1.82, 2.24) is 4.90 Å². The van der Waals surface area contributed by atoms with Gasteiger partial charge < -0.3 is 15.3 Å². The molecule has 0 aromatic heterocycles. The Labute approximate surface area is 113 Å². The van der Waals surface area contributed by atoms with Gasteiger partial charge in [-0.15, -0.1) is 0 Å². The van der Waals surface area contributed by atoms with E-state index in [4.69, 9.17) is 0 Å². The second-order valence-corrected chi connectivity index (χ2v) is 5.81. The lowest BCUT2D eigenvalue weighted by Crippen LogP contribution is -2.55. The van der Waals surface area contributed by atoms with E-state index in [1.54, 1.807) is 0 Å². The lowest BCUT2D eigenvalue weighted by Gasteiger charge is -2.44. The second kappa shape index (κ2) is 4.87. The molecule has 2 aliphatic heterocycles. The summed E-state index contributed by atoms with van der Waals surface area (Å²) < 4.78 is 0. The van der Waals surface area contributed by atoms with Crippen LogP contribution >= 0.6 is 0 Å². The van der Waals surface area contributed by atoms with Gasteiger partial charge in [0.25, 0.3) is 0 Å². The molecule has 6 atom stereocenters. The Kier molecular flexibility index (Phi) is 3.35. The average molecular weight is 263 g/mol. The van der Waals surface area contributed by atoms with Gasteiger partial charge in [0.05, 0.1) is 24.4 Å². The van der Waals surface area contributed by atoms with Crippen LogP contribution in [-0.2, 0) is 0 Å². The third-order valence-electron chi connectivity index (χ3n) is 4.75. The minimum Gasteiger partial charge on any atom is -0.391 e. The molecule has 1 aromatic carbocycles. The Morgan fingerprint density at radius 3 is 2.42 bits per heavy atom. The smallest absolute Gasteiger partial charge is 0.0991 e. The minimum atomic E-state index is -0.839. The zero-order chi connectivity index (χ0) is 13.6. The van der Waals surface area contributed by atoms with Gasteiger partial charge in [-0.25, -0.2) is 0 Å². The van der Waals surface area contributed by atoms with Crippen LogP contribution in [-0.4, -0.2) is 57.2 Å². The quantitative estimate of drug-likeness (QED) is 0.683. The predicted octanol–water partition coefficient (Wildman–Crippen LogP) is 0.329. The Morgan fingerprint density at radius 2 is 1.74 bits per heavy atom. The lowest BCUT2D eigenvalue weighted by atomic mass is 9.80. The van der Waals surface area contributed by atoms with Crippen molar-refractivity contribution in [1.29, 1.82) is 0 Å². The van der Waals surface area contributed by atoms with Crippen LogP contribution in [0.4, 0.5) is 0 Å². The molecular formula is C15H21NO3. The van der Waals surface area contributed by atoms with Gasteiger partial charge in [0.15, 0.2) is 0 Å². The van der Waals surface area contributed by atoms with Crippen molar-refractivity contribution in [2.75, 3.05) is 6.54 Å². The molecule has 0 aliphatic carbocycles. The van der Waals surface area contributed by atoms with Crippen LogP contribution in [0.1, 0.15) is 24.8 Å². The average Bonchev–Trinajstić information content (AvgIpc) is 2.72. The van der Waals surface area contributed by atoms with Gasteiger partial charge in [-0.3, -0.25) is 4.90 Å². The summed E-state index contributed by atoms with van der Waals surface area (Å²) >= 11 is 0. The fraction of sp³-hybridized carbons (Fsp3) is 0.600. The van der Waals surface area contributed by atoms with E-state index in [0.717, 1.165) is 0 Å². The molecule has 0 bridgehead atoms. The van der Waals surface area contributed by atoms with Crippen LogP contribution < -0.4 is 0 Å². The molecule has 4 heteroatoms. The van der Waals surface area contributed by atoms with E-state index in [9.17, 15) is 15.3 Å². The normalized spacial score (nSPS) is 43.2. The van der Waals surface area contributed by atoms with Crippen LogP contribution in [0, 0.1) is 0 Å². The number of aliphatic hydroxyl groups excluding tert-OH is 3. The number of nitrogens with zero attached hydrogens (tertiary/aromatic N) is 1. The molecule has 3 N–H and O–H groups in total. The number of rotatable bonds is 1. The molecule has 104 valence electrons. The summed E-state index contributed by atoms with van der Waals surface area (Å²) in [6.07, 6.45) is -1.55. The fourth-order valence-corrected chi connectivity index (χ4v) is 3.70. The number of hydrogen-bond donors (Lipinski definition) is 3. The lowest BCUT2D eigenvalue weighted by molar-refractivity contribution is -0.0498. The van der Waals surface area contributed by atoms with Crippen molar-refractivity contribution in [3.05, 3.63) is 35.9 Å². The van der Waals surface area contributed by atoms with Gasteiger partial charge in [-0.1, -0.05) is 30.3 Å². The topological polar surface area (TPSA) is 63.9 Å². The first-order chi connectivity index (χ1) is 9.09. The van der Waals surface area contributed by atoms with E-state index >= 15 is 0 Å². The summed E-state index contributed by atoms with van der Waals surface area (Å²) in [5.74, 6) is 0.241. The summed E-state index contributed by atoms with van der Waals surface area (Å²) in [5.41, 5.74) is 1.21. The first kappa shape index (κ1) is 13.1. The largest absolute Gasteiger partial charge is 0.391 e. The molecule has 2 heterocycles. The Bertz CT molecular complexity index is 438. The third kappa shape index (κ3) is 2.09. The molecule has 0 amide bonds. The van der Waals surface area contributed by atoms with Crippen molar-refractivity contribution in [2.45, 2.75) is 49.7 Å². The summed E-state index contributed by atoms with van der Waals surface area (Å²) in [7, 11) is 0. The first-order valence-electron chi connectivity index (χ1n) is 6.94. The molecule has 1 aromatic rings. The molecule has 2 fully saturated rings. The summed E-state index contributed by atoms with van der Waals surface area (Å²) in [6, 6.07) is 10.0. The maximum absolute atomic E-state index is 10.3. The van der Waals surface area contributed by atoms with Gasteiger partial charge in [-0.05, 0) is 18.9 Å². The van der Waals surface area contributed by atoms with Crippen LogP contribution in [0.25, 0.3) is 0 Å². The van der Waals surface area contributed by atoms with Crippen LogP contribution in [0.3, 0.4) is 0 Å². The van der Waals surface area contributed by atoms with Crippen molar-refractivity contribution in [3.63, 3.8) is 0 Å². The van der Waals surface area contributed by atoms with E-state index in [1.807, 2.05) is 18.2 Å². The van der Waals surface area contributed by atoms with Gasteiger partial charge in [0.2, 0.25) is 0 Å². The SMILES string of the molecule is CC1C(c2ccccc2)C[C@@H](O)[C@@H]2[C@H](O)[C@H](O)CN12. The third-order valence-corrected chi connectivity index (χ3v) is 4.75. The van der Waals surface area contributed by atoms with Crippen molar-refractivity contribution in [2.24, 2.45) is 0 Å². The maximum atomic E-state index is 10.3. The molecular weight excluding hydrogens is 242 g/mol. The molecule has 2 unspecified atom stereocenters. The fourth-order valence-electron chi connectivity index (χ4n) is 3.70. The summed E-state index contributed by atoms with van der Waals surface area (Å²) in [4.78, 5) is 2.06. The van der Waals surface area contributed by atoms with Gasteiger partial charge >= 0.3 is 0 Å². The van der Waals surface area contributed by atoms with Gasteiger partial charge in [-0.2, -0.15) is 0 Å². The van der Waals surface area contributed by atoms with E-state index in [-0.39, 0.29) is 18.0 Å². The summed E-state index contributed by atoms with van der Waals surface area (Å²) in [6.45, 7) is 2.55. The predicted molar refractivity (Wildman–Crippen MR) is 71.8 cm³/mol. The van der Waals surface area contributed by atoms with Crippen molar-refractivity contribution < 1.29 is 15.3 Å². The zero-order valence-corrected chi connectivity index (χ0v) is 11.1. The Morgan fingerprint density at radius 1 is 1.05 bits per heavy atom. The highest BCUT2D eigenvalue weighted by Crippen LogP contribution is 2.39. The maximum Gasteiger partial charge on any atom is 0.0991 e. The molecule has 4 nitrogen and oxygen atoms in total. The first-order valence-corrected chi connectivity index (χ1v) is 6.94. The Balaban J connectivity index is 1.88. The van der Waals surface area contributed by atoms with Crippen LogP contribution in [0.15, 0.2) is 30.3 Å². The number of benzene rings is 1.